The first-order valence-electron chi connectivity index (χ1n) is 5.97. The fourth-order valence-corrected chi connectivity index (χ4v) is 2.67. The third-order valence-electron chi connectivity index (χ3n) is 3.71. The number of hydrogen-bond donors (Lipinski definition) is 0. The Hall–Kier alpha value is 0.363. The molecule has 0 aromatic carbocycles. The summed E-state index contributed by atoms with van der Waals surface area (Å²) >= 11 is 0. The van der Waals surface area contributed by atoms with Gasteiger partial charge < -0.3 is 6.08 Å². The summed E-state index contributed by atoms with van der Waals surface area (Å²) in [5.74, 6) is 0. The molecule has 14 heavy (non-hydrogen) atoms. The zero-order valence-corrected chi connectivity index (χ0v) is 12.5. The van der Waals surface area contributed by atoms with Gasteiger partial charge in [-0.1, -0.05) is 45.4 Å². The van der Waals surface area contributed by atoms with Crippen molar-refractivity contribution in [2.75, 3.05) is 0 Å². The minimum Gasteiger partial charge on any atom is -0.497 e. The zero-order chi connectivity index (χ0) is 9.15. The summed E-state index contributed by atoms with van der Waals surface area (Å²) in [6.07, 6.45) is 16.3. The molecule has 0 atom stereocenters. The Labute approximate surface area is 101 Å². The minimum atomic E-state index is 0. The molecule has 2 fully saturated rings. The van der Waals surface area contributed by atoms with E-state index in [2.05, 4.69) is 13.0 Å². The van der Waals surface area contributed by atoms with E-state index < -0.39 is 0 Å². The standard InChI is InChI=1S/C13H21.Zn/c1-2-3-5-8-12-11-13(12)9-6-4-7-10-13;/h2-7,9-11H2,1H3;/q-1;. The maximum absolute atomic E-state index is 3.63. The van der Waals surface area contributed by atoms with Crippen LogP contribution in [0.5, 0.6) is 0 Å². The predicted octanol–water partition coefficient (Wildman–Crippen LogP) is 4.26. The van der Waals surface area contributed by atoms with E-state index in [0.717, 1.165) is 0 Å². The second-order valence-electron chi connectivity index (χ2n) is 4.78. The van der Waals surface area contributed by atoms with Crippen LogP contribution in [-0.2, 0) is 19.5 Å². The molecule has 76 valence electrons. The summed E-state index contributed by atoms with van der Waals surface area (Å²) in [4.78, 5) is 0. The molecular formula is C13H21Zn-. The van der Waals surface area contributed by atoms with Crippen molar-refractivity contribution < 1.29 is 19.5 Å². The van der Waals surface area contributed by atoms with E-state index in [1.807, 2.05) is 0 Å². The topological polar surface area (TPSA) is 0 Å². The Morgan fingerprint density at radius 1 is 1.21 bits per heavy atom. The molecule has 0 radical (unpaired) electrons. The second kappa shape index (κ2) is 5.45. The molecule has 0 aliphatic heterocycles. The van der Waals surface area contributed by atoms with E-state index >= 15 is 0 Å². The van der Waals surface area contributed by atoms with Crippen LogP contribution in [0.2, 0.25) is 0 Å². The summed E-state index contributed by atoms with van der Waals surface area (Å²) < 4.78 is 0. The second-order valence-corrected chi connectivity index (χ2v) is 4.78. The third kappa shape index (κ3) is 2.69. The van der Waals surface area contributed by atoms with Gasteiger partial charge in [0.05, 0.1) is 0 Å². The fourth-order valence-electron chi connectivity index (χ4n) is 2.67. The summed E-state index contributed by atoms with van der Waals surface area (Å²) in [6, 6.07) is 0. The van der Waals surface area contributed by atoms with Crippen LogP contribution in [-0.4, -0.2) is 0 Å². The van der Waals surface area contributed by atoms with Gasteiger partial charge in [-0.05, 0) is 18.3 Å². The molecule has 1 spiro atoms. The van der Waals surface area contributed by atoms with Gasteiger partial charge in [0.2, 0.25) is 0 Å². The minimum absolute atomic E-state index is 0. The van der Waals surface area contributed by atoms with Gasteiger partial charge in [-0.25, -0.2) is 5.57 Å². The zero-order valence-electron chi connectivity index (χ0n) is 9.57. The van der Waals surface area contributed by atoms with E-state index in [9.17, 15) is 0 Å². The van der Waals surface area contributed by atoms with Gasteiger partial charge in [0.1, 0.15) is 0 Å². The van der Waals surface area contributed by atoms with Crippen LogP contribution < -0.4 is 0 Å². The van der Waals surface area contributed by atoms with Crippen LogP contribution in [0.3, 0.4) is 0 Å². The molecule has 2 saturated carbocycles. The molecule has 0 saturated heterocycles. The monoisotopic (exact) mass is 241 g/mol. The fraction of sp³-hybridized carbons (Fsp3) is 0.846. The van der Waals surface area contributed by atoms with Gasteiger partial charge in [0.15, 0.2) is 0 Å². The van der Waals surface area contributed by atoms with E-state index in [1.165, 1.54) is 57.8 Å². The number of unbranched alkanes of at least 4 members (excludes halogenated alkanes) is 2. The smallest absolute Gasteiger partial charge is 0 e. The molecule has 0 heterocycles. The number of rotatable bonds is 3. The van der Waals surface area contributed by atoms with Gasteiger partial charge in [0, 0.05) is 19.5 Å². The van der Waals surface area contributed by atoms with Crippen molar-refractivity contribution in [3.05, 3.63) is 11.6 Å². The molecule has 0 aromatic rings. The molecular weight excluding hydrogens is 222 g/mol. The third-order valence-corrected chi connectivity index (χ3v) is 3.71. The Kier molecular flexibility index (Phi) is 4.84. The molecule has 2 aliphatic carbocycles. The quantitative estimate of drug-likeness (QED) is 0.394. The molecule has 0 N–H and O–H groups in total. The van der Waals surface area contributed by atoms with Gasteiger partial charge >= 0.3 is 0 Å². The van der Waals surface area contributed by atoms with Crippen molar-refractivity contribution in [3.8, 4) is 0 Å². The van der Waals surface area contributed by atoms with Crippen molar-refractivity contribution in [2.45, 2.75) is 64.7 Å². The van der Waals surface area contributed by atoms with E-state index in [4.69, 9.17) is 0 Å². The molecule has 1 heteroatoms. The molecule has 0 amide bonds. The van der Waals surface area contributed by atoms with Crippen LogP contribution in [0, 0.1) is 11.5 Å². The van der Waals surface area contributed by atoms with Crippen molar-refractivity contribution >= 4 is 0 Å². The molecule has 0 bridgehead atoms. The Morgan fingerprint density at radius 3 is 2.57 bits per heavy atom. The number of allylic oxidation sites excluding steroid dienone is 2. The molecule has 0 nitrogen and oxygen atoms in total. The van der Waals surface area contributed by atoms with E-state index in [1.54, 1.807) is 5.57 Å². The van der Waals surface area contributed by atoms with Gasteiger partial charge in [-0.2, -0.15) is 6.42 Å². The average Bonchev–Trinajstić information content (AvgIpc) is 2.80. The van der Waals surface area contributed by atoms with Crippen LogP contribution >= 0.6 is 0 Å². The van der Waals surface area contributed by atoms with Crippen molar-refractivity contribution in [1.29, 1.82) is 0 Å². The Bertz CT molecular complexity index is 199. The molecule has 2 aliphatic rings. The van der Waals surface area contributed by atoms with Crippen LogP contribution in [0.15, 0.2) is 5.57 Å². The van der Waals surface area contributed by atoms with Gasteiger partial charge in [-0.3, -0.25) is 0 Å². The van der Waals surface area contributed by atoms with Crippen molar-refractivity contribution in [1.82, 2.24) is 0 Å². The Morgan fingerprint density at radius 2 is 1.93 bits per heavy atom. The first-order chi connectivity index (χ1) is 6.37. The average molecular weight is 243 g/mol. The maximum atomic E-state index is 3.63. The number of hydrogen-bond acceptors (Lipinski definition) is 0. The summed E-state index contributed by atoms with van der Waals surface area (Å²) in [6.45, 7) is 2.26. The molecule has 2 rings (SSSR count). The molecule has 0 aromatic heterocycles. The molecule has 0 unspecified atom stereocenters. The van der Waals surface area contributed by atoms with E-state index in [0.29, 0.717) is 5.41 Å². The first kappa shape index (κ1) is 12.4. The van der Waals surface area contributed by atoms with Crippen molar-refractivity contribution in [2.24, 2.45) is 5.41 Å². The first-order valence-corrected chi connectivity index (χ1v) is 5.97. The maximum Gasteiger partial charge on any atom is 0 e. The van der Waals surface area contributed by atoms with Crippen LogP contribution in [0.25, 0.3) is 0 Å². The van der Waals surface area contributed by atoms with E-state index in [-0.39, 0.29) is 19.5 Å². The Balaban J connectivity index is 0.000000980. The van der Waals surface area contributed by atoms with Crippen LogP contribution in [0.4, 0.5) is 0 Å². The van der Waals surface area contributed by atoms with Gasteiger partial charge in [-0.15, -0.1) is 0 Å². The predicted molar refractivity (Wildman–Crippen MR) is 56.4 cm³/mol. The van der Waals surface area contributed by atoms with Crippen molar-refractivity contribution in [3.63, 3.8) is 0 Å². The van der Waals surface area contributed by atoms with Crippen LogP contribution in [0.1, 0.15) is 64.7 Å². The van der Waals surface area contributed by atoms with Gasteiger partial charge in [0.25, 0.3) is 0 Å². The normalized spacial score (nSPS) is 26.2. The summed E-state index contributed by atoms with van der Waals surface area (Å²) in [7, 11) is 0. The summed E-state index contributed by atoms with van der Waals surface area (Å²) in [5.41, 5.74) is 2.40. The largest absolute Gasteiger partial charge is 0.497 e. The SMILES string of the molecule is CCCC[C-]=C1CC12CCCCC2.[Zn]. The summed E-state index contributed by atoms with van der Waals surface area (Å²) in [5, 5.41) is 0.